The number of piperazine rings is 1. The maximum atomic E-state index is 15.0. The molecule has 12 heteroatoms. The highest BCUT2D eigenvalue weighted by atomic mass is 19.1. The van der Waals surface area contributed by atoms with Gasteiger partial charge in [0.2, 0.25) is 12.4 Å². The molecule has 242 valence electrons. The van der Waals surface area contributed by atoms with Crippen LogP contribution in [-0.2, 0) is 11.3 Å². The molecule has 46 heavy (non-hydrogen) atoms. The van der Waals surface area contributed by atoms with Crippen molar-refractivity contribution in [3.63, 3.8) is 0 Å². The van der Waals surface area contributed by atoms with Crippen LogP contribution < -0.4 is 20.4 Å². The van der Waals surface area contributed by atoms with Crippen LogP contribution in [-0.4, -0.2) is 67.5 Å². The van der Waals surface area contributed by atoms with Crippen molar-refractivity contribution in [1.29, 1.82) is 0 Å². The van der Waals surface area contributed by atoms with Gasteiger partial charge < -0.3 is 20.4 Å². The first-order valence-electron chi connectivity index (χ1n) is 15.1. The van der Waals surface area contributed by atoms with Crippen molar-refractivity contribution in [2.75, 3.05) is 55.4 Å². The molecule has 9 nitrogen and oxygen atoms in total. The number of carbonyl (C=O) groups is 2. The van der Waals surface area contributed by atoms with Crippen molar-refractivity contribution in [3.05, 3.63) is 94.8 Å². The topological polar surface area (TPSA) is 93.7 Å². The summed E-state index contributed by atoms with van der Waals surface area (Å²) < 4.78 is 43.5. The van der Waals surface area contributed by atoms with Gasteiger partial charge in [-0.3, -0.25) is 14.5 Å². The summed E-state index contributed by atoms with van der Waals surface area (Å²) in [6.07, 6.45) is 0.333. The summed E-state index contributed by atoms with van der Waals surface area (Å²) in [6.45, 7) is 8.66. The Kier molecular flexibility index (Phi) is 11.4. The van der Waals surface area contributed by atoms with Crippen LogP contribution in [0.1, 0.15) is 35.3 Å². The minimum absolute atomic E-state index is 0.0119. The van der Waals surface area contributed by atoms with Gasteiger partial charge in [0.15, 0.2) is 5.82 Å². The zero-order chi connectivity index (χ0) is 33.4. The Bertz CT molecular complexity index is 1660. The number of nitrogens with one attached hydrogen (secondary N) is 2. The molecule has 2 N–H and O–H groups in total. The SMILES string of the molecule is CC.CNCc1c(-c2cc(C(=O)Nc3ccc(F)cc3)ccc2C)nc(N2CCN(C)CC2)nc1N(C=O)c1c(F)cccc1F. The fraction of sp³-hybridized carbons (Fsp3) is 0.294. The van der Waals surface area contributed by atoms with Crippen LogP contribution in [0.25, 0.3) is 11.3 Å². The van der Waals surface area contributed by atoms with Crippen LogP contribution in [0.5, 0.6) is 0 Å². The number of amides is 2. The highest BCUT2D eigenvalue weighted by Crippen LogP contribution is 2.37. The summed E-state index contributed by atoms with van der Waals surface area (Å²) in [5, 5.41) is 5.81. The Hall–Kier alpha value is -4.81. The van der Waals surface area contributed by atoms with Gasteiger partial charge in [-0.15, -0.1) is 0 Å². The summed E-state index contributed by atoms with van der Waals surface area (Å²) >= 11 is 0. The van der Waals surface area contributed by atoms with Crippen LogP contribution in [0.3, 0.4) is 0 Å². The van der Waals surface area contributed by atoms with Gasteiger partial charge in [-0.05, 0) is 75.1 Å². The number of para-hydroxylation sites is 1. The highest BCUT2D eigenvalue weighted by Gasteiger charge is 2.28. The van der Waals surface area contributed by atoms with Crippen LogP contribution in [0.2, 0.25) is 0 Å². The second-order valence-electron chi connectivity index (χ2n) is 10.5. The fourth-order valence-electron chi connectivity index (χ4n) is 5.05. The van der Waals surface area contributed by atoms with Gasteiger partial charge in [-0.1, -0.05) is 26.0 Å². The van der Waals surface area contributed by atoms with E-state index in [1.807, 2.05) is 32.7 Å². The normalized spacial score (nSPS) is 13.1. The first-order chi connectivity index (χ1) is 22.2. The van der Waals surface area contributed by atoms with Gasteiger partial charge in [0.05, 0.1) is 5.69 Å². The smallest absolute Gasteiger partial charge is 0.255 e. The van der Waals surface area contributed by atoms with Crippen molar-refractivity contribution in [1.82, 2.24) is 20.2 Å². The first kappa shape index (κ1) is 34.1. The Labute approximate surface area is 267 Å². The van der Waals surface area contributed by atoms with Crippen molar-refractivity contribution in [2.45, 2.75) is 27.3 Å². The molecule has 3 aromatic carbocycles. The van der Waals surface area contributed by atoms with Gasteiger partial charge >= 0.3 is 0 Å². The highest BCUT2D eigenvalue weighted by molar-refractivity contribution is 6.05. The molecule has 1 aromatic heterocycles. The van der Waals surface area contributed by atoms with Crippen LogP contribution in [0.15, 0.2) is 60.7 Å². The zero-order valence-electron chi connectivity index (χ0n) is 26.6. The maximum absolute atomic E-state index is 15.0. The number of halogens is 3. The average molecular weight is 634 g/mol. The molecule has 1 saturated heterocycles. The third-order valence-electron chi connectivity index (χ3n) is 7.48. The van der Waals surface area contributed by atoms with E-state index >= 15 is 8.78 Å². The van der Waals surface area contributed by atoms with Gasteiger partial charge in [-0.25, -0.2) is 18.2 Å². The molecule has 0 unspecified atom stereocenters. The molecular formula is C34H38F3N7O2. The number of benzene rings is 3. The lowest BCUT2D eigenvalue weighted by Crippen LogP contribution is -2.45. The number of carbonyl (C=O) groups excluding carboxylic acids is 2. The molecule has 0 atom stereocenters. The minimum atomic E-state index is -0.926. The summed E-state index contributed by atoms with van der Waals surface area (Å²) in [6, 6.07) is 13.9. The van der Waals surface area contributed by atoms with Crippen molar-refractivity contribution >= 4 is 35.5 Å². The quantitative estimate of drug-likeness (QED) is 0.221. The molecule has 5 rings (SSSR count). The van der Waals surface area contributed by atoms with E-state index in [1.54, 1.807) is 25.2 Å². The standard InChI is InChI=1S/C32H32F3N7O2.C2H6/c1-20-7-8-21(31(44)37-23-11-9-22(33)10-12-23)17-24(20)28-25(18-36-2)30(39-32(38-28)41-15-13-40(3)14-16-41)42(19-43)29-26(34)5-4-6-27(29)35;1-2/h4-12,17,19,36H,13-16,18H2,1-3H3,(H,37,44);1-2H3. The molecule has 1 fully saturated rings. The van der Waals surface area contributed by atoms with E-state index in [-0.39, 0.29) is 18.3 Å². The first-order valence-corrected chi connectivity index (χ1v) is 15.1. The van der Waals surface area contributed by atoms with E-state index in [9.17, 15) is 14.0 Å². The number of likely N-dealkylation sites (N-methyl/N-ethyl adjacent to an activating group) is 1. The van der Waals surface area contributed by atoms with E-state index in [0.29, 0.717) is 47.6 Å². The van der Waals surface area contributed by atoms with Crippen LogP contribution >= 0.6 is 0 Å². The van der Waals surface area contributed by atoms with Crippen molar-refractivity contribution in [3.8, 4) is 11.3 Å². The molecule has 4 aromatic rings. The Balaban J connectivity index is 0.00000235. The van der Waals surface area contributed by atoms with Gasteiger partial charge in [0, 0.05) is 55.1 Å². The number of anilines is 4. The van der Waals surface area contributed by atoms with E-state index in [0.717, 1.165) is 35.7 Å². The second kappa shape index (κ2) is 15.5. The molecular weight excluding hydrogens is 595 g/mol. The van der Waals surface area contributed by atoms with Crippen molar-refractivity contribution in [2.24, 2.45) is 0 Å². The van der Waals surface area contributed by atoms with Crippen LogP contribution in [0, 0.1) is 24.4 Å². The molecule has 0 aliphatic carbocycles. The summed E-state index contributed by atoms with van der Waals surface area (Å²) in [4.78, 5) is 40.4. The van der Waals surface area contributed by atoms with E-state index in [2.05, 4.69) is 15.5 Å². The van der Waals surface area contributed by atoms with Crippen molar-refractivity contribution < 1.29 is 22.8 Å². The summed E-state index contributed by atoms with van der Waals surface area (Å²) in [7, 11) is 3.70. The number of aromatic nitrogens is 2. The minimum Gasteiger partial charge on any atom is -0.338 e. The molecule has 2 amide bonds. The van der Waals surface area contributed by atoms with Gasteiger partial charge in [0.25, 0.3) is 5.91 Å². The fourth-order valence-corrected chi connectivity index (χ4v) is 5.05. The zero-order valence-corrected chi connectivity index (χ0v) is 26.6. The molecule has 1 aliphatic rings. The Morgan fingerprint density at radius 2 is 1.61 bits per heavy atom. The largest absolute Gasteiger partial charge is 0.338 e. The predicted octanol–water partition coefficient (Wildman–Crippen LogP) is 5.91. The Morgan fingerprint density at radius 3 is 2.22 bits per heavy atom. The lowest BCUT2D eigenvalue weighted by Gasteiger charge is -2.33. The van der Waals surface area contributed by atoms with Gasteiger partial charge in [0.1, 0.15) is 23.1 Å². The Morgan fingerprint density at radius 1 is 0.957 bits per heavy atom. The number of hydrogen-bond donors (Lipinski definition) is 2. The van der Waals surface area contributed by atoms with Crippen LogP contribution in [0.4, 0.5) is 36.3 Å². The molecule has 2 heterocycles. The third-order valence-corrected chi connectivity index (χ3v) is 7.48. The monoisotopic (exact) mass is 633 g/mol. The van der Waals surface area contributed by atoms with E-state index in [4.69, 9.17) is 9.97 Å². The predicted molar refractivity (Wildman–Crippen MR) is 175 cm³/mol. The summed E-state index contributed by atoms with van der Waals surface area (Å²) in [5.74, 6) is -2.41. The molecule has 0 bridgehead atoms. The number of aryl methyl sites for hydroxylation is 1. The van der Waals surface area contributed by atoms with E-state index < -0.39 is 29.0 Å². The number of rotatable bonds is 9. The molecule has 0 saturated carbocycles. The lowest BCUT2D eigenvalue weighted by molar-refractivity contribution is -0.106. The molecule has 0 spiro atoms. The van der Waals surface area contributed by atoms with E-state index in [1.165, 1.54) is 30.3 Å². The number of nitrogens with zero attached hydrogens (tertiary/aromatic N) is 5. The maximum Gasteiger partial charge on any atom is 0.255 e. The lowest BCUT2D eigenvalue weighted by atomic mass is 9.98. The molecule has 1 aliphatic heterocycles. The summed E-state index contributed by atoms with van der Waals surface area (Å²) in [5.41, 5.74) is 2.31. The third kappa shape index (κ3) is 7.52. The molecule has 0 radical (unpaired) electrons. The van der Waals surface area contributed by atoms with Gasteiger partial charge in [-0.2, -0.15) is 4.98 Å². The second-order valence-corrected chi connectivity index (χ2v) is 10.5. The average Bonchev–Trinajstić information content (AvgIpc) is 3.06. The number of hydrogen-bond acceptors (Lipinski definition) is 7.